The van der Waals surface area contributed by atoms with Crippen LogP contribution in [0, 0.1) is 0 Å². The summed E-state index contributed by atoms with van der Waals surface area (Å²) in [5, 5.41) is 0. The molecule has 0 amide bonds. The van der Waals surface area contributed by atoms with E-state index in [4.69, 9.17) is 10.5 Å². The highest BCUT2D eigenvalue weighted by atomic mass is 16.5. The topological polar surface area (TPSA) is 47.6 Å². The van der Waals surface area contributed by atoms with Crippen molar-refractivity contribution in [3.05, 3.63) is 0 Å². The average molecular weight is 156 g/mol. The number of rotatable bonds is 1. The van der Waals surface area contributed by atoms with Crippen molar-refractivity contribution in [1.29, 1.82) is 0 Å². The summed E-state index contributed by atoms with van der Waals surface area (Å²) in [5.41, 5.74) is 5.42. The molecule has 1 aliphatic rings. The fraction of sp³-hybridized carbons (Fsp3) is 0.875. The Bertz CT molecular complexity index is 159. The van der Waals surface area contributed by atoms with Crippen LogP contribution < -0.4 is 5.73 Å². The monoisotopic (exact) mass is 156 g/mol. The van der Waals surface area contributed by atoms with Gasteiger partial charge in [-0.05, 0) is 26.2 Å². The van der Waals surface area contributed by atoms with E-state index in [1.165, 1.54) is 6.42 Å². The van der Waals surface area contributed by atoms with Crippen LogP contribution in [0.25, 0.3) is 0 Å². The summed E-state index contributed by atoms with van der Waals surface area (Å²) in [4.78, 5) is 3.95. The van der Waals surface area contributed by atoms with Gasteiger partial charge in [0.25, 0.3) is 0 Å². The van der Waals surface area contributed by atoms with Gasteiger partial charge in [-0.1, -0.05) is 0 Å². The van der Waals surface area contributed by atoms with Crippen molar-refractivity contribution in [2.24, 2.45) is 10.7 Å². The second-order valence-corrected chi connectivity index (χ2v) is 3.15. The largest absolute Gasteiger partial charge is 0.385 e. The lowest BCUT2D eigenvalue weighted by Crippen LogP contribution is -2.45. The number of ether oxygens (including phenoxy) is 1. The van der Waals surface area contributed by atoms with Gasteiger partial charge in [0.05, 0.1) is 0 Å². The first-order chi connectivity index (χ1) is 5.19. The molecule has 0 aliphatic carbocycles. The van der Waals surface area contributed by atoms with Crippen molar-refractivity contribution in [1.82, 2.24) is 0 Å². The van der Waals surface area contributed by atoms with Crippen LogP contribution in [-0.2, 0) is 4.74 Å². The van der Waals surface area contributed by atoms with E-state index in [2.05, 4.69) is 4.99 Å². The Morgan fingerprint density at radius 3 is 2.73 bits per heavy atom. The molecule has 11 heavy (non-hydrogen) atoms. The Labute approximate surface area is 67.6 Å². The standard InChI is InChI=1S/C8H16N2O/c1-8(7(9)10-2)5-3-4-6-11-8/h3-6H2,1-2H3,(H2,9,10). The Balaban J connectivity index is 2.64. The molecule has 1 heterocycles. The van der Waals surface area contributed by atoms with E-state index in [1.54, 1.807) is 7.05 Å². The maximum absolute atomic E-state index is 5.71. The quantitative estimate of drug-likeness (QED) is 0.453. The molecule has 1 saturated heterocycles. The minimum absolute atomic E-state index is 0.285. The van der Waals surface area contributed by atoms with Gasteiger partial charge in [-0.3, -0.25) is 4.99 Å². The Morgan fingerprint density at radius 1 is 1.55 bits per heavy atom. The van der Waals surface area contributed by atoms with Gasteiger partial charge in [-0.15, -0.1) is 0 Å². The third kappa shape index (κ3) is 1.71. The normalized spacial score (nSPS) is 33.8. The van der Waals surface area contributed by atoms with Gasteiger partial charge >= 0.3 is 0 Å². The fourth-order valence-corrected chi connectivity index (χ4v) is 1.37. The van der Waals surface area contributed by atoms with Crippen molar-refractivity contribution in [2.75, 3.05) is 13.7 Å². The van der Waals surface area contributed by atoms with Crippen LogP contribution in [0.2, 0.25) is 0 Å². The lowest BCUT2D eigenvalue weighted by molar-refractivity contribution is -0.0159. The van der Waals surface area contributed by atoms with E-state index in [0.29, 0.717) is 5.84 Å². The van der Waals surface area contributed by atoms with Crippen LogP contribution in [0.3, 0.4) is 0 Å². The first kappa shape index (κ1) is 8.53. The molecule has 64 valence electrons. The Hall–Kier alpha value is -0.570. The van der Waals surface area contributed by atoms with Crippen LogP contribution >= 0.6 is 0 Å². The fourth-order valence-electron chi connectivity index (χ4n) is 1.37. The zero-order valence-corrected chi connectivity index (χ0v) is 7.26. The van der Waals surface area contributed by atoms with Gasteiger partial charge in [0.1, 0.15) is 11.4 Å². The smallest absolute Gasteiger partial charge is 0.126 e. The van der Waals surface area contributed by atoms with E-state index in [0.717, 1.165) is 19.4 Å². The first-order valence-corrected chi connectivity index (χ1v) is 4.06. The van der Waals surface area contributed by atoms with Crippen molar-refractivity contribution in [3.8, 4) is 0 Å². The molecule has 1 unspecified atom stereocenters. The molecule has 0 bridgehead atoms. The summed E-state index contributed by atoms with van der Waals surface area (Å²) in [5.74, 6) is 0.622. The second kappa shape index (κ2) is 3.22. The van der Waals surface area contributed by atoms with Crippen molar-refractivity contribution < 1.29 is 4.74 Å². The van der Waals surface area contributed by atoms with Gasteiger partial charge in [0.15, 0.2) is 0 Å². The maximum Gasteiger partial charge on any atom is 0.126 e. The van der Waals surface area contributed by atoms with Gasteiger partial charge in [0, 0.05) is 13.7 Å². The van der Waals surface area contributed by atoms with Crippen LogP contribution in [-0.4, -0.2) is 25.1 Å². The Kier molecular flexibility index (Phi) is 2.49. The number of amidine groups is 1. The van der Waals surface area contributed by atoms with E-state index >= 15 is 0 Å². The summed E-state index contributed by atoms with van der Waals surface area (Å²) in [6, 6.07) is 0. The lowest BCUT2D eigenvalue weighted by atomic mass is 9.95. The van der Waals surface area contributed by atoms with Crippen LogP contribution in [0.15, 0.2) is 4.99 Å². The van der Waals surface area contributed by atoms with Gasteiger partial charge < -0.3 is 10.5 Å². The molecule has 0 radical (unpaired) electrons. The molecule has 0 spiro atoms. The predicted octanol–water partition coefficient (Wildman–Crippen LogP) is 0.933. The number of nitrogens with two attached hydrogens (primary N) is 1. The summed E-state index contributed by atoms with van der Waals surface area (Å²) < 4.78 is 5.56. The van der Waals surface area contributed by atoms with Crippen LogP contribution in [0.1, 0.15) is 26.2 Å². The third-order valence-corrected chi connectivity index (χ3v) is 2.25. The molecule has 1 atom stereocenters. The molecular formula is C8H16N2O. The molecule has 1 rings (SSSR count). The predicted molar refractivity (Wildman–Crippen MR) is 45.8 cm³/mol. The molecule has 0 saturated carbocycles. The highest BCUT2D eigenvalue weighted by Crippen LogP contribution is 2.24. The summed E-state index contributed by atoms with van der Waals surface area (Å²) in [6.45, 7) is 2.82. The minimum atomic E-state index is -0.285. The van der Waals surface area contributed by atoms with E-state index in [9.17, 15) is 0 Å². The number of hydrogen-bond donors (Lipinski definition) is 1. The highest BCUT2D eigenvalue weighted by molar-refractivity contribution is 5.88. The average Bonchev–Trinajstić information content (AvgIpc) is 2.04. The number of hydrogen-bond acceptors (Lipinski definition) is 2. The third-order valence-electron chi connectivity index (χ3n) is 2.25. The minimum Gasteiger partial charge on any atom is -0.385 e. The number of aliphatic imine (C=N–C) groups is 1. The molecule has 3 heteroatoms. The summed E-state index contributed by atoms with van der Waals surface area (Å²) in [6.07, 6.45) is 3.33. The second-order valence-electron chi connectivity index (χ2n) is 3.15. The van der Waals surface area contributed by atoms with Crippen molar-refractivity contribution in [3.63, 3.8) is 0 Å². The van der Waals surface area contributed by atoms with Gasteiger partial charge in [0.2, 0.25) is 0 Å². The van der Waals surface area contributed by atoms with Crippen molar-refractivity contribution in [2.45, 2.75) is 31.8 Å². The molecule has 1 fully saturated rings. The van der Waals surface area contributed by atoms with E-state index < -0.39 is 0 Å². The van der Waals surface area contributed by atoms with Gasteiger partial charge in [-0.25, -0.2) is 0 Å². The zero-order valence-electron chi connectivity index (χ0n) is 7.26. The SMILES string of the molecule is CN=C(N)C1(C)CCCCO1. The summed E-state index contributed by atoms with van der Waals surface area (Å²) >= 11 is 0. The summed E-state index contributed by atoms with van der Waals surface area (Å²) in [7, 11) is 1.71. The number of nitrogens with zero attached hydrogens (tertiary/aromatic N) is 1. The van der Waals surface area contributed by atoms with Crippen LogP contribution in [0.5, 0.6) is 0 Å². The zero-order chi connectivity index (χ0) is 8.32. The molecule has 0 aromatic rings. The first-order valence-electron chi connectivity index (χ1n) is 4.06. The molecule has 3 nitrogen and oxygen atoms in total. The van der Waals surface area contributed by atoms with Gasteiger partial charge in [-0.2, -0.15) is 0 Å². The van der Waals surface area contributed by atoms with E-state index in [1.807, 2.05) is 6.92 Å². The Morgan fingerprint density at radius 2 is 2.27 bits per heavy atom. The maximum atomic E-state index is 5.71. The highest BCUT2D eigenvalue weighted by Gasteiger charge is 2.31. The molecule has 0 aromatic carbocycles. The lowest BCUT2D eigenvalue weighted by Gasteiger charge is -2.32. The molecule has 1 aliphatic heterocycles. The molecular weight excluding hydrogens is 140 g/mol. The van der Waals surface area contributed by atoms with Crippen molar-refractivity contribution >= 4 is 5.84 Å². The van der Waals surface area contributed by atoms with Crippen LogP contribution in [0.4, 0.5) is 0 Å². The molecule has 0 aromatic heterocycles. The molecule has 2 N–H and O–H groups in total. The van der Waals surface area contributed by atoms with E-state index in [-0.39, 0.29) is 5.60 Å².